The third-order valence-corrected chi connectivity index (χ3v) is 20.1. The average molecular weight is 1440 g/mol. The molecule has 2 unspecified atom stereocenters. The molecule has 2 bridgehead atoms. The lowest BCUT2D eigenvalue weighted by Crippen LogP contribution is -2.82. The van der Waals surface area contributed by atoms with E-state index in [1.54, 1.807) is 72.8 Å². The molecule has 1 aliphatic heterocycles. The number of primary amides is 2. The number of fused-ring (bicyclic) bond motifs is 6. The fourth-order valence-electron chi connectivity index (χ4n) is 14.4. The van der Waals surface area contributed by atoms with Gasteiger partial charge in [-0.15, -0.1) is 0 Å². The summed E-state index contributed by atoms with van der Waals surface area (Å²) in [7, 11) is 0. The van der Waals surface area contributed by atoms with Crippen molar-refractivity contribution >= 4 is 87.9 Å². The van der Waals surface area contributed by atoms with Crippen LogP contribution in [0.15, 0.2) is 139 Å². The Morgan fingerprint density at radius 1 is 0.683 bits per heavy atom. The van der Waals surface area contributed by atoms with Gasteiger partial charge in [0.25, 0.3) is 11.8 Å². The number of esters is 5. The lowest BCUT2D eigenvalue weighted by molar-refractivity contribution is -0.346. The topological polar surface area (TPSA) is 443 Å². The van der Waals surface area contributed by atoms with E-state index in [-0.39, 0.29) is 78.6 Å². The Hall–Kier alpha value is -10.8. The number of aromatic nitrogens is 1. The van der Waals surface area contributed by atoms with Gasteiger partial charge in [-0.3, -0.25) is 52.7 Å². The summed E-state index contributed by atoms with van der Waals surface area (Å²) in [6.07, 6.45) is -13.0. The van der Waals surface area contributed by atoms with E-state index in [0.29, 0.717) is 5.52 Å². The minimum Gasteiger partial charge on any atom is -0.455 e. The van der Waals surface area contributed by atoms with Crippen molar-refractivity contribution in [1.29, 1.82) is 0 Å². The SMILES string of the molecule is CC(=O)O[C@H]1C(=O)[C@@]2(C)[C@H]([C@H](OC(=O)c3ccccc3)[C@]3(O)C[C@H](OC(=O)[C@H](OC(=O)CCC(=O)NCCCCC(NC(=O)CC[C@H](NC(=O)C(C)NC(=O)c4ccc5ccccc5n4)C(N)=O)C(N)=O)[C@H](NC(=O)c4ccccc4)c4ccccc4)C(C)=C1C3(C)C)[C@]1(OC(C)=O)CO[C@@H]1C[C@@H]2O. The molecule has 104 heavy (non-hydrogen) atoms. The van der Waals surface area contributed by atoms with Crippen LogP contribution in [0.2, 0.25) is 0 Å². The second kappa shape index (κ2) is 32.7. The van der Waals surface area contributed by atoms with Crippen molar-refractivity contribution in [1.82, 2.24) is 31.6 Å². The summed E-state index contributed by atoms with van der Waals surface area (Å²) >= 11 is 0. The standard InChI is InChI=1S/C75H86N8O21/c1-40-52(38-75(98)64(103-70(96)47-26-15-10-16-27-47)62-73(7,53(86)37-54-74(62,39-99-54)104-43(4)85)63(90)60(100-42(3)84)58(40)72(75,5)6)101-71(97)61(59(45-22-11-8-12-23-45)83-68(94)46-24-13-9-14-25-46)102-57(89)35-34-55(87)78-36-20-19-29-49(65(76)91)81-56(88)33-32-50(66(77)92)82-67(93)41(2)79-69(95)51-31-30-44-21-17-18-28-48(44)80-51/h8-18,21-28,30-31,41,49-50,52-54,59-62,64,86,98H,19-20,29,32-39H2,1-7H3,(H2,76,91)(H2,77,92)(H,78,87)(H,79,95)(H,81,88)(H,82,93)(H,83,94)/t41?,49?,50-,52-,53-,54+,59+,60+,61+,62-,64-,73+,74-,75+/m0/s1. The van der Waals surface area contributed by atoms with Crippen molar-refractivity contribution in [3.05, 3.63) is 161 Å². The zero-order valence-electron chi connectivity index (χ0n) is 58.5. The number of aliphatic hydroxyl groups is 2. The van der Waals surface area contributed by atoms with E-state index in [4.69, 9.17) is 39.9 Å². The summed E-state index contributed by atoms with van der Waals surface area (Å²) in [5, 5.41) is 40.2. The number of unbranched alkanes of at least 4 members (excludes halogenated alkanes) is 1. The molecule has 4 aliphatic rings. The average Bonchev–Trinajstić information content (AvgIpc) is 0.669. The highest BCUT2D eigenvalue weighted by molar-refractivity contribution is 6.00. The van der Waals surface area contributed by atoms with Crippen LogP contribution in [0.3, 0.4) is 0 Å². The van der Waals surface area contributed by atoms with Gasteiger partial charge in [-0.2, -0.15) is 0 Å². The largest absolute Gasteiger partial charge is 0.455 e. The highest BCUT2D eigenvalue weighted by atomic mass is 16.6. The van der Waals surface area contributed by atoms with Gasteiger partial charge in [0.15, 0.2) is 17.5 Å². The zero-order valence-corrected chi connectivity index (χ0v) is 58.5. The Balaban J connectivity index is 0.898. The number of Topliss-reactive ketones (excluding diaryl/α,β-unsaturated/α-hetero) is 1. The van der Waals surface area contributed by atoms with E-state index in [2.05, 4.69) is 31.6 Å². The molecule has 2 saturated carbocycles. The molecular weight excluding hydrogens is 1350 g/mol. The van der Waals surface area contributed by atoms with E-state index in [0.717, 1.165) is 19.2 Å². The third-order valence-electron chi connectivity index (χ3n) is 20.1. The lowest BCUT2D eigenvalue weighted by Gasteiger charge is -2.67. The maximum absolute atomic E-state index is 15.9. The van der Waals surface area contributed by atoms with Crippen LogP contribution in [-0.2, 0) is 76.4 Å². The number of nitrogens with two attached hydrogens (primary N) is 2. The number of hydrogen-bond acceptors (Lipinski definition) is 22. The fourth-order valence-corrected chi connectivity index (χ4v) is 14.4. The van der Waals surface area contributed by atoms with Gasteiger partial charge in [-0.25, -0.2) is 14.6 Å². The minimum absolute atomic E-state index is 0.00184. The van der Waals surface area contributed by atoms with Gasteiger partial charge in [0.2, 0.25) is 35.6 Å². The zero-order chi connectivity index (χ0) is 75.6. The molecule has 11 N–H and O–H groups in total. The van der Waals surface area contributed by atoms with Crippen molar-refractivity contribution < 1.29 is 101 Å². The van der Waals surface area contributed by atoms with Crippen molar-refractivity contribution in [3.8, 4) is 0 Å². The molecule has 0 spiro atoms. The van der Waals surface area contributed by atoms with Gasteiger partial charge in [0.05, 0.1) is 41.5 Å². The normalized spacial score (nSPS) is 24.3. The number of carbonyl (C=O) groups excluding carboxylic acids is 13. The number of rotatable bonds is 29. The van der Waals surface area contributed by atoms with Crippen LogP contribution in [0.25, 0.3) is 10.9 Å². The summed E-state index contributed by atoms with van der Waals surface area (Å²) in [4.78, 5) is 183. The number of carbonyl (C=O) groups is 13. The number of pyridine rings is 1. The Bertz CT molecular complexity index is 4160. The summed E-state index contributed by atoms with van der Waals surface area (Å²) < 4.78 is 37.0. The molecule has 1 saturated heterocycles. The first-order valence-electron chi connectivity index (χ1n) is 34.1. The third kappa shape index (κ3) is 16.8. The molecule has 3 aliphatic carbocycles. The van der Waals surface area contributed by atoms with Gasteiger partial charge >= 0.3 is 29.8 Å². The smallest absolute Gasteiger partial charge is 0.350 e. The maximum Gasteiger partial charge on any atom is 0.350 e. The molecule has 4 aromatic carbocycles. The van der Waals surface area contributed by atoms with Crippen molar-refractivity contribution in [2.45, 2.75) is 178 Å². The van der Waals surface area contributed by atoms with Crippen LogP contribution >= 0.6 is 0 Å². The molecule has 5 aromatic rings. The highest BCUT2D eigenvalue weighted by Gasteiger charge is 2.78. The Labute approximate surface area is 598 Å². The van der Waals surface area contributed by atoms with Gasteiger partial charge in [0, 0.05) is 62.4 Å². The van der Waals surface area contributed by atoms with Crippen LogP contribution in [0.4, 0.5) is 0 Å². The summed E-state index contributed by atoms with van der Waals surface area (Å²) in [5.74, 6) is -13.4. The Morgan fingerprint density at radius 3 is 1.93 bits per heavy atom. The Morgan fingerprint density at radius 2 is 1.31 bits per heavy atom. The first-order valence-corrected chi connectivity index (χ1v) is 34.1. The monoisotopic (exact) mass is 1430 g/mol. The van der Waals surface area contributed by atoms with Gasteiger partial charge in [-0.05, 0) is 99.6 Å². The molecule has 3 fully saturated rings. The molecule has 552 valence electrons. The first-order chi connectivity index (χ1) is 49.3. The molecule has 0 radical (unpaired) electrons. The molecule has 29 nitrogen and oxygen atoms in total. The van der Waals surface area contributed by atoms with Crippen LogP contribution in [0.1, 0.15) is 149 Å². The van der Waals surface area contributed by atoms with Crippen LogP contribution in [0.5, 0.6) is 0 Å². The Kier molecular flexibility index (Phi) is 24.3. The lowest BCUT2D eigenvalue weighted by atomic mass is 9.44. The van der Waals surface area contributed by atoms with E-state index < -0.39 is 192 Å². The van der Waals surface area contributed by atoms with Gasteiger partial charge in [-0.1, -0.05) is 105 Å². The quantitative estimate of drug-likeness (QED) is 0.0143. The summed E-state index contributed by atoms with van der Waals surface area (Å²) in [6.45, 7) is 8.92. The number of ketones is 1. The van der Waals surface area contributed by atoms with Gasteiger partial charge < -0.3 is 76.7 Å². The maximum atomic E-state index is 15.9. The van der Waals surface area contributed by atoms with Crippen LogP contribution in [0, 0.1) is 16.7 Å². The van der Waals surface area contributed by atoms with Crippen molar-refractivity contribution in [3.63, 3.8) is 0 Å². The number of hydrogen-bond donors (Lipinski definition) is 9. The molecule has 7 amide bonds. The second-order valence-corrected chi connectivity index (χ2v) is 27.3. The van der Waals surface area contributed by atoms with E-state index >= 15 is 9.59 Å². The molecule has 29 heteroatoms. The van der Waals surface area contributed by atoms with E-state index in [1.807, 2.05) is 12.1 Å². The highest BCUT2D eigenvalue weighted by Crippen LogP contribution is 2.64. The first kappa shape index (κ1) is 77.4. The molecule has 14 atom stereocenters. The number of amides is 7. The van der Waals surface area contributed by atoms with Crippen LogP contribution < -0.4 is 38.1 Å². The van der Waals surface area contributed by atoms with Crippen LogP contribution in [-0.4, -0.2) is 171 Å². The number of para-hydroxylation sites is 1. The van der Waals surface area contributed by atoms with E-state index in [9.17, 15) is 63.0 Å². The molecule has 2 heterocycles. The molecular formula is C75H86N8O21. The van der Waals surface area contributed by atoms with E-state index in [1.165, 1.54) is 77.1 Å². The summed E-state index contributed by atoms with van der Waals surface area (Å²) in [6, 6.07) is 28.4. The number of ether oxygens (including phenoxy) is 6. The molecule has 1 aromatic heterocycles. The predicted octanol–water partition coefficient (Wildman–Crippen LogP) is 3.44. The number of nitrogens with zero attached hydrogens (tertiary/aromatic N) is 1. The number of nitrogens with one attached hydrogen (secondary N) is 5. The van der Waals surface area contributed by atoms with Crippen molar-refractivity contribution in [2.75, 3.05) is 13.2 Å². The second-order valence-electron chi connectivity index (χ2n) is 27.3. The minimum atomic E-state index is -2.57. The predicted molar refractivity (Wildman–Crippen MR) is 368 cm³/mol. The summed E-state index contributed by atoms with van der Waals surface area (Å²) in [5.41, 5.74) is 3.56. The number of aliphatic hydroxyl groups excluding tert-OH is 1. The number of benzene rings is 4. The fraction of sp³-hybridized carbons (Fsp3) is 0.440. The van der Waals surface area contributed by atoms with Crippen molar-refractivity contribution in [2.24, 2.45) is 28.2 Å². The van der Waals surface area contributed by atoms with Gasteiger partial charge in [0.1, 0.15) is 53.8 Å². The molecule has 9 rings (SSSR count).